The van der Waals surface area contributed by atoms with Crippen LogP contribution in [0.1, 0.15) is 6.23 Å². The van der Waals surface area contributed by atoms with E-state index in [-0.39, 0.29) is 12.6 Å². The number of hydrogen-bond acceptors (Lipinski definition) is 6. The number of aromatic nitrogens is 2. The van der Waals surface area contributed by atoms with Crippen LogP contribution in [0, 0.1) is 0 Å². The van der Waals surface area contributed by atoms with Gasteiger partial charge in [-0.2, -0.15) is 4.98 Å². The fraction of sp³-hybridized carbons (Fsp3) is 0.556. The van der Waals surface area contributed by atoms with Gasteiger partial charge in [-0.3, -0.25) is 9.36 Å². The Morgan fingerprint density at radius 1 is 1.56 bits per heavy atom. The third kappa shape index (κ3) is 1.19. The highest BCUT2D eigenvalue weighted by molar-refractivity contribution is 5.10. The minimum atomic E-state index is -0.924. The number of nitrogens with zero attached hydrogens (tertiary/aromatic N) is 2. The molecule has 0 amide bonds. The van der Waals surface area contributed by atoms with Crippen molar-refractivity contribution in [3.8, 4) is 6.01 Å². The fourth-order valence-corrected chi connectivity index (χ4v) is 2.02. The summed E-state index contributed by atoms with van der Waals surface area (Å²) in [6.45, 7) is -0.277. The van der Waals surface area contributed by atoms with E-state index in [0.29, 0.717) is 0 Å². The summed E-state index contributed by atoms with van der Waals surface area (Å²) in [6.07, 6.45) is -1.24. The standard InChI is InChI=1S/C9H10N2O5/c12-3-4-6(14)7-8(15-4)11-2-1-5(13)10-9(11)16-7/h1-2,4,6-8,12,14H,3H2/t4?,6?,7-,8+/m0/s1. The maximum atomic E-state index is 11.0. The van der Waals surface area contributed by atoms with Crippen molar-refractivity contribution in [3.63, 3.8) is 0 Å². The highest BCUT2D eigenvalue weighted by Gasteiger charge is 2.50. The van der Waals surface area contributed by atoms with Crippen LogP contribution in [-0.4, -0.2) is 44.7 Å². The monoisotopic (exact) mass is 226 g/mol. The zero-order valence-corrected chi connectivity index (χ0v) is 8.18. The predicted octanol–water partition coefficient (Wildman–Crippen LogP) is -1.75. The highest BCUT2D eigenvalue weighted by Crippen LogP contribution is 2.38. The van der Waals surface area contributed by atoms with Gasteiger partial charge in [0.05, 0.1) is 6.61 Å². The SMILES string of the molecule is O=c1ccn2c(n1)O[C@H]1C(O)C(CO)O[C@H]12. The van der Waals surface area contributed by atoms with Crippen LogP contribution >= 0.6 is 0 Å². The van der Waals surface area contributed by atoms with Crippen molar-refractivity contribution in [3.05, 3.63) is 22.6 Å². The van der Waals surface area contributed by atoms with Crippen molar-refractivity contribution in [2.75, 3.05) is 6.61 Å². The van der Waals surface area contributed by atoms with Gasteiger partial charge in [-0.25, -0.2) is 0 Å². The first-order valence-electron chi connectivity index (χ1n) is 4.91. The van der Waals surface area contributed by atoms with Gasteiger partial charge in [0, 0.05) is 12.3 Å². The molecule has 3 rings (SSSR count). The van der Waals surface area contributed by atoms with E-state index in [1.165, 1.54) is 16.8 Å². The lowest BCUT2D eigenvalue weighted by Crippen LogP contribution is -2.34. The van der Waals surface area contributed by atoms with Crippen LogP contribution in [0.2, 0.25) is 0 Å². The Bertz CT molecular complexity index is 473. The molecule has 2 aliphatic heterocycles. The highest BCUT2D eigenvalue weighted by atomic mass is 16.6. The minimum absolute atomic E-state index is 0.137. The van der Waals surface area contributed by atoms with Gasteiger partial charge in [-0.15, -0.1) is 0 Å². The average Bonchev–Trinajstić information content (AvgIpc) is 2.75. The summed E-state index contributed by atoms with van der Waals surface area (Å²) in [4.78, 5) is 14.7. The first-order valence-corrected chi connectivity index (χ1v) is 4.91. The molecule has 1 aromatic heterocycles. The first kappa shape index (κ1) is 9.76. The smallest absolute Gasteiger partial charge is 0.302 e. The Balaban J connectivity index is 1.99. The van der Waals surface area contributed by atoms with Gasteiger partial charge in [-0.1, -0.05) is 0 Å². The summed E-state index contributed by atoms with van der Waals surface area (Å²) >= 11 is 0. The Kier molecular flexibility index (Phi) is 2.00. The van der Waals surface area contributed by atoms with Gasteiger partial charge in [0.1, 0.15) is 12.2 Å². The fourth-order valence-electron chi connectivity index (χ4n) is 2.02. The lowest BCUT2D eigenvalue weighted by molar-refractivity contribution is -0.0434. The van der Waals surface area contributed by atoms with Crippen LogP contribution in [0.4, 0.5) is 0 Å². The molecule has 7 nitrogen and oxygen atoms in total. The number of ether oxygens (including phenoxy) is 2. The van der Waals surface area contributed by atoms with Crippen molar-refractivity contribution in [1.29, 1.82) is 0 Å². The molecule has 2 aliphatic rings. The number of aliphatic hydroxyl groups excluding tert-OH is 2. The Morgan fingerprint density at radius 3 is 3.12 bits per heavy atom. The molecule has 0 radical (unpaired) electrons. The normalized spacial score (nSPS) is 35.6. The Morgan fingerprint density at radius 2 is 2.38 bits per heavy atom. The molecule has 1 fully saturated rings. The van der Waals surface area contributed by atoms with Crippen molar-refractivity contribution < 1.29 is 19.7 Å². The molecule has 7 heteroatoms. The topological polar surface area (TPSA) is 93.8 Å². The summed E-state index contributed by atoms with van der Waals surface area (Å²) in [5.41, 5.74) is -0.403. The maximum absolute atomic E-state index is 11.0. The van der Waals surface area contributed by atoms with E-state index in [9.17, 15) is 9.90 Å². The van der Waals surface area contributed by atoms with Crippen molar-refractivity contribution >= 4 is 0 Å². The van der Waals surface area contributed by atoms with E-state index in [4.69, 9.17) is 14.6 Å². The van der Waals surface area contributed by atoms with E-state index < -0.39 is 30.1 Å². The summed E-state index contributed by atoms with van der Waals surface area (Å²) in [6, 6.07) is 1.43. The molecule has 0 aliphatic carbocycles. The number of aliphatic hydroxyl groups is 2. The second-order valence-electron chi connectivity index (χ2n) is 3.78. The van der Waals surface area contributed by atoms with Crippen LogP contribution in [0.3, 0.4) is 0 Å². The van der Waals surface area contributed by atoms with Crippen LogP contribution in [0.15, 0.2) is 17.1 Å². The Labute approximate surface area is 89.9 Å². The van der Waals surface area contributed by atoms with Gasteiger partial charge in [0.2, 0.25) is 0 Å². The lowest BCUT2D eigenvalue weighted by atomic mass is 10.1. The molecule has 86 valence electrons. The zero-order chi connectivity index (χ0) is 11.3. The second-order valence-corrected chi connectivity index (χ2v) is 3.78. The zero-order valence-electron chi connectivity index (χ0n) is 8.18. The molecule has 1 aromatic rings. The third-order valence-electron chi connectivity index (χ3n) is 2.81. The molecule has 0 spiro atoms. The third-order valence-corrected chi connectivity index (χ3v) is 2.81. The summed E-state index contributed by atoms with van der Waals surface area (Å²) in [5.74, 6) is 0. The number of fused-ring (bicyclic) bond motifs is 3. The quantitative estimate of drug-likeness (QED) is 0.590. The van der Waals surface area contributed by atoms with Crippen LogP contribution in [0.5, 0.6) is 6.01 Å². The van der Waals surface area contributed by atoms with Gasteiger partial charge < -0.3 is 19.7 Å². The van der Waals surface area contributed by atoms with Crippen LogP contribution in [-0.2, 0) is 4.74 Å². The molecule has 16 heavy (non-hydrogen) atoms. The van der Waals surface area contributed by atoms with Gasteiger partial charge in [-0.05, 0) is 0 Å². The second kappa shape index (κ2) is 3.27. The van der Waals surface area contributed by atoms with Crippen LogP contribution in [0.25, 0.3) is 0 Å². The molecule has 0 saturated carbocycles. The minimum Gasteiger partial charge on any atom is -0.453 e. The Hall–Kier alpha value is -1.44. The average molecular weight is 226 g/mol. The molecular formula is C9H10N2O5. The molecule has 1 saturated heterocycles. The molecule has 4 atom stereocenters. The molecule has 0 aromatic carbocycles. The van der Waals surface area contributed by atoms with E-state index in [2.05, 4.69) is 4.98 Å². The summed E-state index contributed by atoms with van der Waals surface area (Å²) in [7, 11) is 0. The number of hydrogen-bond donors (Lipinski definition) is 2. The van der Waals surface area contributed by atoms with Gasteiger partial charge >= 0.3 is 6.01 Å². The van der Waals surface area contributed by atoms with Crippen molar-refractivity contribution in [2.24, 2.45) is 0 Å². The molecule has 2 N–H and O–H groups in total. The van der Waals surface area contributed by atoms with Gasteiger partial charge in [0.25, 0.3) is 5.56 Å². The molecular weight excluding hydrogens is 216 g/mol. The van der Waals surface area contributed by atoms with E-state index in [0.717, 1.165) is 0 Å². The van der Waals surface area contributed by atoms with E-state index in [1.807, 2.05) is 0 Å². The first-order chi connectivity index (χ1) is 7.70. The summed E-state index contributed by atoms with van der Waals surface area (Å²) in [5, 5.41) is 18.7. The van der Waals surface area contributed by atoms with Gasteiger partial charge in [0.15, 0.2) is 12.3 Å². The van der Waals surface area contributed by atoms with Crippen molar-refractivity contribution in [1.82, 2.24) is 9.55 Å². The van der Waals surface area contributed by atoms with E-state index in [1.54, 1.807) is 0 Å². The molecule has 3 heterocycles. The largest absolute Gasteiger partial charge is 0.453 e. The molecule has 2 unspecified atom stereocenters. The molecule has 0 bridgehead atoms. The summed E-state index contributed by atoms with van der Waals surface area (Å²) < 4.78 is 12.3. The number of rotatable bonds is 1. The van der Waals surface area contributed by atoms with E-state index >= 15 is 0 Å². The van der Waals surface area contributed by atoms with Crippen molar-refractivity contribution in [2.45, 2.75) is 24.5 Å². The maximum Gasteiger partial charge on any atom is 0.302 e. The van der Waals surface area contributed by atoms with Crippen LogP contribution < -0.4 is 10.3 Å². The lowest BCUT2D eigenvalue weighted by Gasteiger charge is -2.13. The predicted molar refractivity (Wildman–Crippen MR) is 49.9 cm³/mol.